The molecule has 0 radical (unpaired) electrons. The van der Waals surface area contributed by atoms with Crippen LogP contribution in [0.4, 0.5) is 17.6 Å². The summed E-state index contributed by atoms with van der Waals surface area (Å²) in [6.07, 6.45) is -4.69. The van der Waals surface area contributed by atoms with E-state index in [2.05, 4.69) is 5.32 Å². The number of hydrogen-bond acceptors (Lipinski definition) is 3. The van der Waals surface area contributed by atoms with Crippen LogP contribution in [0.15, 0.2) is 47.4 Å². The quantitative estimate of drug-likeness (QED) is 0.701. The molecule has 0 fully saturated rings. The van der Waals surface area contributed by atoms with E-state index in [0.717, 1.165) is 30.3 Å². The summed E-state index contributed by atoms with van der Waals surface area (Å²) < 4.78 is 75.7. The lowest BCUT2D eigenvalue weighted by Crippen LogP contribution is -2.44. The topological polar surface area (TPSA) is 63.2 Å². The molecule has 0 spiro atoms. The summed E-state index contributed by atoms with van der Waals surface area (Å²) in [5.74, 6) is -1.42. The Bertz CT molecular complexity index is 1000. The first-order valence-corrected chi connectivity index (χ1v) is 9.77. The van der Waals surface area contributed by atoms with Gasteiger partial charge >= 0.3 is 6.18 Å². The van der Waals surface area contributed by atoms with Crippen molar-refractivity contribution in [1.29, 1.82) is 0 Å². The molecule has 28 heavy (non-hydrogen) atoms. The van der Waals surface area contributed by atoms with Crippen LogP contribution in [-0.4, -0.2) is 25.6 Å². The average molecular weight is 438 g/mol. The minimum absolute atomic E-state index is 0.0127. The molecule has 1 N–H and O–H groups in total. The van der Waals surface area contributed by atoms with E-state index in [9.17, 15) is 30.8 Å². The first-order valence-electron chi connectivity index (χ1n) is 7.91. The Morgan fingerprint density at radius 1 is 1.11 bits per heavy atom. The fraction of sp³-hybridized carbons (Fsp3) is 0.278. The predicted molar refractivity (Wildman–Crippen MR) is 96.5 cm³/mol. The van der Waals surface area contributed by atoms with Crippen LogP contribution in [-0.2, 0) is 16.0 Å². The first-order chi connectivity index (χ1) is 12.8. The van der Waals surface area contributed by atoms with Crippen molar-refractivity contribution in [2.45, 2.75) is 29.7 Å². The normalized spacial score (nSPS) is 12.7. The molecule has 0 saturated heterocycles. The van der Waals surface area contributed by atoms with E-state index in [-0.39, 0.29) is 17.1 Å². The highest BCUT2D eigenvalue weighted by Gasteiger charge is 2.38. The lowest BCUT2D eigenvalue weighted by atomic mass is 10.1. The second-order valence-corrected chi connectivity index (χ2v) is 9.59. The zero-order valence-corrected chi connectivity index (χ0v) is 16.3. The van der Waals surface area contributed by atoms with Crippen LogP contribution < -0.4 is 5.32 Å². The predicted octanol–water partition coefficient (Wildman–Crippen LogP) is 4.48. The van der Waals surface area contributed by atoms with Gasteiger partial charge in [-0.1, -0.05) is 17.7 Å². The molecular formula is C18H16ClF4NO3S. The van der Waals surface area contributed by atoms with Crippen molar-refractivity contribution in [2.75, 3.05) is 6.54 Å². The summed E-state index contributed by atoms with van der Waals surface area (Å²) >= 11 is 5.61. The molecule has 0 saturated carbocycles. The number of sulfone groups is 1. The highest BCUT2D eigenvalue weighted by atomic mass is 35.5. The largest absolute Gasteiger partial charge is 0.416 e. The SMILES string of the molecule is CC(C)(CNC(=O)c1ccc(F)c(Cl)c1)S(=O)(=O)c1cccc(C(F)(F)F)c1. The molecule has 0 aliphatic heterocycles. The maximum absolute atomic E-state index is 13.2. The van der Waals surface area contributed by atoms with Crippen LogP contribution in [0.25, 0.3) is 0 Å². The van der Waals surface area contributed by atoms with E-state index in [0.29, 0.717) is 6.07 Å². The van der Waals surface area contributed by atoms with Gasteiger partial charge in [0.25, 0.3) is 5.91 Å². The zero-order chi connectivity index (χ0) is 21.3. The third kappa shape index (κ3) is 4.64. The summed E-state index contributed by atoms with van der Waals surface area (Å²) in [4.78, 5) is 11.7. The molecule has 1 amide bonds. The van der Waals surface area contributed by atoms with E-state index in [1.165, 1.54) is 19.9 Å². The summed E-state index contributed by atoms with van der Waals surface area (Å²) in [5.41, 5.74) is -1.08. The molecule has 0 unspecified atom stereocenters. The monoisotopic (exact) mass is 437 g/mol. The second-order valence-electron chi connectivity index (χ2n) is 6.60. The Labute approximate surface area is 164 Å². The Kier molecular flexibility index (Phi) is 6.10. The molecule has 0 heterocycles. The van der Waals surface area contributed by atoms with Gasteiger partial charge in [0.2, 0.25) is 0 Å². The molecule has 2 aromatic carbocycles. The van der Waals surface area contributed by atoms with Crippen molar-refractivity contribution in [3.8, 4) is 0 Å². The van der Waals surface area contributed by atoms with Crippen LogP contribution in [0.5, 0.6) is 0 Å². The third-order valence-corrected chi connectivity index (χ3v) is 6.82. The maximum atomic E-state index is 13.2. The summed E-state index contributed by atoms with van der Waals surface area (Å²) in [5, 5.41) is 2.11. The number of hydrogen-bond donors (Lipinski definition) is 1. The van der Waals surface area contributed by atoms with E-state index in [4.69, 9.17) is 11.6 Å². The van der Waals surface area contributed by atoms with Crippen LogP contribution >= 0.6 is 11.6 Å². The molecule has 0 aliphatic carbocycles. The minimum atomic E-state index is -4.69. The van der Waals surface area contributed by atoms with E-state index in [1.54, 1.807) is 0 Å². The number of alkyl halides is 3. The molecule has 0 aromatic heterocycles. The molecule has 10 heteroatoms. The van der Waals surface area contributed by atoms with Crippen molar-refractivity contribution in [1.82, 2.24) is 5.32 Å². The van der Waals surface area contributed by atoms with Gasteiger partial charge in [0.15, 0.2) is 9.84 Å². The molecule has 0 bridgehead atoms. The number of nitrogens with one attached hydrogen (secondary N) is 1. The van der Waals surface area contributed by atoms with Crippen molar-refractivity contribution < 1.29 is 30.8 Å². The molecule has 152 valence electrons. The molecular weight excluding hydrogens is 422 g/mol. The van der Waals surface area contributed by atoms with Gasteiger partial charge < -0.3 is 5.32 Å². The fourth-order valence-electron chi connectivity index (χ4n) is 2.29. The standard InChI is InChI=1S/C18H16ClF4NO3S/c1-17(2,10-24-16(25)11-6-7-15(20)14(19)8-11)28(26,27)13-5-3-4-12(9-13)18(21,22)23/h3-9H,10H2,1-2H3,(H,24,25). The van der Waals surface area contributed by atoms with Gasteiger partial charge in [-0.05, 0) is 50.2 Å². The Hall–Kier alpha value is -2.13. The van der Waals surface area contributed by atoms with Crippen LogP contribution in [0, 0.1) is 5.82 Å². The van der Waals surface area contributed by atoms with Crippen LogP contribution in [0.2, 0.25) is 5.02 Å². The van der Waals surface area contributed by atoms with Crippen molar-refractivity contribution in [2.24, 2.45) is 0 Å². The summed E-state index contributed by atoms with van der Waals surface area (Å²) in [6, 6.07) is 6.64. The smallest absolute Gasteiger partial charge is 0.350 e. The molecule has 4 nitrogen and oxygen atoms in total. The minimum Gasteiger partial charge on any atom is -0.350 e. The van der Waals surface area contributed by atoms with Gasteiger partial charge in [0.05, 0.1) is 20.2 Å². The molecule has 2 aromatic rings. The van der Waals surface area contributed by atoms with E-state index < -0.39 is 42.9 Å². The number of amides is 1. The number of carbonyl (C=O) groups is 1. The van der Waals surface area contributed by atoms with Gasteiger partial charge in [-0.3, -0.25) is 4.79 Å². The highest BCUT2D eigenvalue weighted by Crippen LogP contribution is 2.33. The van der Waals surface area contributed by atoms with Gasteiger partial charge in [0.1, 0.15) is 5.82 Å². The van der Waals surface area contributed by atoms with Crippen LogP contribution in [0.1, 0.15) is 29.8 Å². The van der Waals surface area contributed by atoms with Gasteiger partial charge in [-0.2, -0.15) is 13.2 Å². The Balaban J connectivity index is 2.23. The van der Waals surface area contributed by atoms with E-state index >= 15 is 0 Å². The van der Waals surface area contributed by atoms with Gasteiger partial charge in [0, 0.05) is 12.1 Å². The second kappa shape index (κ2) is 7.71. The van der Waals surface area contributed by atoms with E-state index in [1.807, 2.05) is 0 Å². The Morgan fingerprint density at radius 3 is 2.32 bits per heavy atom. The molecule has 2 rings (SSSR count). The molecule has 0 atom stereocenters. The number of halogens is 5. The number of rotatable bonds is 5. The number of carbonyl (C=O) groups excluding carboxylic acids is 1. The van der Waals surface area contributed by atoms with Crippen molar-refractivity contribution in [3.63, 3.8) is 0 Å². The van der Waals surface area contributed by atoms with Crippen molar-refractivity contribution >= 4 is 27.3 Å². The van der Waals surface area contributed by atoms with Crippen molar-refractivity contribution in [3.05, 3.63) is 64.4 Å². The maximum Gasteiger partial charge on any atom is 0.416 e. The van der Waals surface area contributed by atoms with Gasteiger partial charge in [-0.15, -0.1) is 0 Å². The average Bonchev–Trinajstić information content (AvgIpc) is 2.61. The zero-order valence-electron chi connectivity index (χ0n) is 14.8. The first kappa shape index (κ1) is 22.2. The summed E-state index contributed by atoms with van der Waals surface area (Å²) in [7, 11) is -4.21. The Morgan fingerprint density at radius 2 is 1.75 bits per heavy atom. The third-order valence-electron chi connectivity index (χ3n) is 4.06. The highest BCUT2D eigenvalue weighted by molar-refractivity contribution is 7.92. The fourth-order valence-corrected chi connectivity index (χ4v) is 3.91. The lowest BCUT2D eigenvalue weighted by molar-refractivity contribution is -0.137. The molecule has 0 aliphatic rings. The van der Waals surface area contributed by atoms with Gasteiger partial charge in [-0.25, -0.2) is 12.8 Å². The van der Waals surface area contributed by atoms with Crippen LogP contribution in [0.3, 0.4) is 0 Å². The lowest BCUT2D eigenvalue weighted by Gasteiger charge is -2.25. The number of benzene rings is 2. The summed E-state index contributed by atoms with van der Waals surface area (Å²) in [6.45, 7) is 2.17.